The van der Waals surface area contributed by atoms with E-state index < -0.39 is 16.5 Å². The second-order valence-electron chi connectivity index (χ2n) is 4.52. The van der Waals surface area contributed by atoms with Crippen molar-refractivity contribution >= 4 is 18.8 Å². The van der Waals surface area contributed by atoms with E-state index >= 15 is 0 Å². The van der Waals surface area contributed by atoms with Gasteiger partial charge in [0.25, 0.3) is 0 Å². The molecular weight excluding hydrogens is 404 g/mol. The van der Waals surface area contributed by atoms with Crippen LogP contribution >= 0.6 is 18.8 Å². The molecule has 0 aromatic heterocycles. The van der Waals surface area contributed by atoms with Gasteiger partial charge in [-0.05, 0) is 40.5 Å². The van der Waals surface area contributed by atoms with Gasteiger partial charge in [-0.25, -0.2) is 0 Å². The van der Waals surface area contributed by atoms with E-state index in [9.17, 15) is 0 Å². The van der Waals surface area contributed by atoms with E-state index in [-0.39, 0.29) is 17.2 Å². The Morgan fingerprint density at radius 2 is 1.07 bits per heavy atom. The summed E-state index contributed by atoms with van der Waals surface area (Å²) in [6.45, 7) is 8.11. The molecule has 0 radical (unpaired) electrons. The fourth-order valence-electron chi connectivity index (χ4n) is 0.644. The van der Waals surface area contributed by atoms with E-state index in [0.29, 0.717) is 0 Å². The van der Waals surface area contributed by atoms with Crippen molar-refractivity contribution in [1.82, 2.24) is 6.15 Å². The van der Waals surface area contributed by atoms with E-state index in [2.05, 4.69) is 0 Å². The number of nitrogens with two attached hydrogens (primary N) is 2. The molecule has 7 N–H and O–H groups in total. The molecule has 94 valence electrons. The average Bonchev–Trinajstić information content (AvgIpc) is 1.82. The number of rotatable bonds is 3. The van der Waals surface area contributed by atoms with Crippen LogP contribution in [0.3, 0.4) is 0 Å². The van der Waals surface area contributed by atoms with Gasteiger partial charge in [0.05, 0.1) is 0 Å². The standard InChI is InChI=1S/C8H20N2.2ClH.H3N.Pt/c1-7(2,9)5-6-8(3,4)10;;;;/h5-6,9-10H2,1-4H3;2*1H;1H3;/q;;;;+2/p-2. The molecule has 0 aromatic rings. The molecule has 0 saturated carbocycles. The van der Waals surface area contributed by atoms with Crippen molar-refractivity contribution in [2.45, 2.75) is 51.6 Å². The van der Waals surface area contributed by atoms with Gasteiger partial charge in [-0.2, -0.15) is 0 Å². The summed E-state index contributed by atoms with van der Waals surface area (Å²) in [5.74, 6) is 0. The van der Waals surface area contributed by atoms with Crippen LogP contribution in [0.2, 0.25) is 0 Å². The molecule has 0 saturated heterocycles. The van der Waals surface area contributed by atoms with Gasteiger partial charge in [-0.1, -0.05) is 0 Å². The molecule has 0 aromatic carbocycles. The predicted octanol–water partition coefficient (Wildman–Crippen LogP) is 2.78. The van der Waals surface area contributed by atoms with Gasteiger partial charge in [0.1, 0.15) is 0 Å². The summed E-state index contributed by atoms with van der Waals surface area (Å²) in [6.07, 6.45) is 1.97. The monoisotopic (exact) mass is 426 g/mol. The molecule has 0 rings (SSSR count). The minimum atomic E-state index is -0.472. The normalized spacial score (nSPS) is 11.4. The van der Waals surface area contributed by atoms with Crippen LogP contribution < -0.4 is 17.6 Å². The molecule has 0 aliphatic heterocycles. The Morgan fingerprint density at radius 3 is 1.14 bits per heavy atom. The Balaban J connectivity index is -0.000000267. The molecule has 14 heavy (non-hydrogen) atoms. The summed E-state index contributed by atoms with van der Waals surface area (Å²) in [4.78, 5) is 0. The van der Waals surface area contributed by atoms with Gasteiger partial charge in [0, 0.05) is 11.1 Å². The third-order valence-electron chi connectivity index (χ3n) is 1.41. The molecule has 0 spiro atoms. The average molecular weight is 427 g/mol. The SMILES string of the molecule is CC(C)(N)CCC(C)(C)N.N.[Cl][Pt][Cl]. The zero-order valence-electron chi connectivity index (χ0n) is 9.35. The van der Waals surface area contributed by atoms with Crippen molar-refractivity contribution in [1.29, 1.82) is 0 Å². The van der Waals surface area contributed by atoms with Crippen molar-refractivity contribution in [3.63, 3.8) is 0 Å². The summed E-state index contributed by atoms with van der Waals surface area (Å²) in [5, 5.41) is 0. The second kappa shape index (κ2) is 9.38. The van der Waals surface area contributed by atoms with Crippen LogP contribution in [0.1, 0.15) is 40.5 Å². The van der Waals surface area contributed by atoms with Crippen LogP contribution in [-0.4, -0.2) is 11.1 Å². The molecule has 0 unspecified atom stereocenters. The van der Waals surface area contributed by atoms with Crippen LogP contribution in [0.4, 0.5) is 0 Å². The maximum absolute atomic E-state index is 5.79. The van der Waals surface area contributed by atoms with Gasteiger partial charge in [0.15, 0.2) is 0 Å². The van der Waals surface area contributed by atoms with Crippen LogP contribution in [0.15, 0.2) is 0 Å². The van der Waals surface area contributed by atoms with Crippen molar-refractivity contribution in [2.75, 3.05) is 0 Å². The van der Waals surface area contributed by atoms with E-state index in [4.69, 9.17) is 30.3 Å². The summed E-state index contributed by atoms with van der Waals surface area (Å²) in [7, 11) is 9.75. The summed E-state index contributed by atoms with van der Waals surface area (Å²) >= 11 is -0.472. The summed E-state index contributed by atoms with van der Waals surface area (Å²) in [6, 6.07) is 0. The van der Waals surface area contributed by atoms with Crippen LogP contribution in [0.5, 0.6) is 0 Å². The van der Waals surface area contributed by atoms with Crippen LogP contribution in [0, 0.1) is 0 Å². The van der Waals surface area contributed by atoms with E-state index in [1.807, 2.05) is 27.7 Å². The third kappa shape index (κ3) is 29.2. The first-order valence-corrected chi connectivity index (χ1v) is 9.65. The van der Waals surface area contributed by atoms with Crippen molar-refractivity contribution in [3.05, 3.63) is 0 Å². The Labute approximate surface area is 104 Å². The van der Waals surface area contributed by atoms with Crippen molar-refractivity contribution < 1.29 is 16.5 Å². The Bertz CT molecular complexity index is 107. The minimum absolute atomic E-state index is 0. The van der Waals surface area contributed by atoms with Crippen LogP contribution in [0.25, 0.3) is 0 Å². The van der Waals surface area contributed by atoms with Gasteiger partial charge >= 0.3 is 35.3 Å². The van der Waals surface area contributed by atoms with Gasteiger partial charge in [-0.15, -0.1) is 0 Å². The number of hydrogen-bond acceptors (Lipinski definition) is 3. The number of hydrogen-bond donors (Lipinski definition) is 3. The first kappa shape index (κ1) is 20.5. The Kier molecular flexibility index (Phi) is 13.8. The molecular formula is C8H23Cl2N3Pt. The first-order valence-electron chi connectivity index (χ1n) is 4.02. The molecule has 0 fully saturated rings. The maximum atomic E-state index is 5.79. The topological polar surface area (TPSA) is 87.0 Å². The molecule has 0 amide bonds. The van der Waals surface area contributed by atoms with Crippen molar-refractivity contribution in [3.8, 4) is 0 Å². The molecule has 3 nitrogen and oxygen atoms in total. The molecule has 0 bridgehead atoms. The summed E-state index contributed by atoms with van der Waals surface area (Å²) < 4.78 is 0. The van der Waals surface area contributed by atoms with E-state index in [1.54, 1.807) is 0 Å². The fourth-order valence-corrected chi connectivity index (χ4v) is 0.644. The predicted molar refractivity (Wildman–Crippen MR) is 62.5 cm³/mol. The fraction of sp³-hybridized carbons (Fsp3) is 1.00. The van der Waals surface area contributed by atoms with Gasteiger partial charge in [-0.3, -0.25) is 0 Å². The molecule has 0 aliphatic rings. The van der Waals surface area contributed by atoms with E-state index in [0.717, 1.165) is 12.8 Å². The second-order valence-corrected chi connectivity index (χ2v) is 7.81. The Hall–Kier alpha value is 1.15. The summed E-state index contributed by atoms with van der Waals surface area (Å²) in [5.41, 5.74) is 11.4. The van der Waals surface area contributed by atoms with Crippen molar-refractivity contribution in [2.24, 2.45) is 11.5 Å². The zero-order chi connectivity index (χ0) is 11.1. The van der Waals surface area contributed by atoms with Gasteiger partial charge < -0.3 is 17.6 Å². The van der Waals surface area contributed by atoms with E-state index in [1.165, 1.54) is 0 Å². The Morgan fingerprint density at radius 1 is 0.929 bits per heavy atom. The van der Waals surface area contributed by atoms with Crippen LogP contribution in [-0.2, 0) is 16.5 Å². The molecule has 0 heterocycles. The molecule has 0 atom stereocenters. The quantitative estimate of drug-likeness (QED) is 0.648. The molecule has 0 aliphatic carbocycles. The third-order valence-corrected chi connectivity index (χ3v) is 1.41. The first-order chi connectivity index (χ1) is 5.62. The molecule has 6 heteroatoms. The number of halogens is 2. The zero-order valence-corrected chi connectivity index (χ0v) is 13.1. The van der Waals surface area contributed by atoms with Gasteiger partial charge in [0.2, 0.25) is 0 Å².